The van der Waals surface area contributed by atoms with Crippen molar-refractivity contribution in [1.82, 2.24) is 4.98 Å². The first-order valence-electron chi connectivity index (χ1n) is 8.24. The number of hydrogen-bond acceptors (Lipinski definition) is 4. The molecule has 3 nitrogen and oxygen atoms in total. The molecule has 0 saturated carbocycles. The summed E-state index contributed by atoms with van der Waals surface area (Å²) in [5, 5.41) is 3.00. The number of nitrogens with zero attached hydrogens (tertiary/aromatic N) is 1. The SMILES string of the molecule is CCCc1ccc(OCc2ccccc2)c(-c2csc(CN)n2)c1. The highest BCUT2D eigenvalue weighted by molar-refractivity contribution is 7.09. The van der Waals surface area contributed by atoms with Crippen molar-refractivity contribution in [3.8, 4) is 17.0 Å². The lowest BCUT2D eigenvalue weighted by Crippen LogP contribution is -1.99. The molecule has 1 heterocycles. The Morgan fingerprint density at radius 3 is 2.62 bits per heavy atom. The van der Waals surface area contributed by atoms with Gasteiger partial charge in [0.2, 0.25) is 0 Å². The van der Waals surface area contributed by atoms with Crippen molar-refractivity contribution in [2.45, 2.75) is 32.9 Å². The molecule has 0 saturated heterocycles. The van der Waals surface area contributed by atoms with Gasteiger partial charge in [0.05, 0.1) is 5.69 Å². The van der Waals surface area contributed by atoms with Gasteiger partial charge in [-0.2, -0.15) is 0 Å². The van der Waals surface area contributed by atoms with E-state index in [-0.39, 0.29) is 0 Å². The van der Waals surface area contributed by atoms with Gasteiger partial charge in [0, 0.05) is 17.5 Å². The molecule has 2 N–H and O–H groups in total. The second kappa shape index (κ2) is 8.08. The van der Waals surface area contributed by atoms with Gasteiger partial charge < -0.3 is 10.5 Å². The van der Waals surface area contributed by atoms with E-state index >= 15 is 0 Å². The van der Waals surface area contributed by atoms with Crippen LogP contribution in [0.3, 0.4) is 0 Å². The van der Waals surface area contributed by atoms with Crippen LogP contribution in [0.15, 0.2) is 53.9 Å². The Kier molecular flexibility index (Phi) is 5.62. The van der Waals surface area contributed by atoms with Gasteiger partial charge in [0.25, 0.3) is 0 Å². The molecule has 2 aromatic carbocycles. The highest BCUT2D eigenvalue weighted by atomic mass is 32.1. The number of ether oxygens (including phenoxy) is 1. The van der Waals surface area contributed by atoms with Crippen LogP contribution in [0.2, 0.25) is 0 Å². The van der Waals surface area contributed by atoms with E-state index in [1.165, 1.54) is 5.56 Å². The zero-order chi connectivity index (χ0) is 16.8. The van der Waals surface area contributed by atoms with Crippen molar-refractivity contribution in [2.75, 3.05) is 0 Å². The molecule has 4 heteroatoms. The van der Waals surface area contributed by atoms with E-state index in [2.05, 4.69) is 47.6 Å². The van der Waals surface area contributed by atoms with Crippen LogP contribution in [0.1, 0.15) is 29.5 Å². The zero-order valence-corrected chi connectivity index (χ0v) is 14.7. The van der Waals surface area contributed by atoms with Crippen LogP contribution in [-0.2, 0) is 19.6 Å². The Morgan fingerprint density at radius 1 is 1.08 bits per heavy atom. The summed E-state index contributed by atoms with van der Waals surface area (Å²) in [7, 11) is 0. The summed E-state index contributed by atoms with van der Waals surface area (Å²) < 4.78 is 6.09. The van der Waals surface area contributed by atoms with E-state index in [0.717, 1.165) is 40.4 Å². The molecule has 0 aliphatic heterocycles. The molecule has 24 heavy (non-hydrogen) atoms. The highest BCUT2D eigenvalue weighted by Gasteiger charge is 2.11. The molecule has 0 unspecified atom stereocenters. The molecule has 0 bridgehead atoms. The highest BCUT2D eigenvalue weighted by Crippen LogP contribution is 2.33. The van der Waals surface area contributed by atoms with Crippen LogP contribution < -0.4 is 10.5 Å². The van der Waals surface area contributed by atoms with Gasteiger partial charge in [-0.3, -0.25) is 0 Å². The number of nitrogens with two attached hydrogens (primary N) is 1. The molecular formula is C20H22N2OS. The van der Waals surface area contributed by atoms with Gasteiger partial charge >= 0.3 is 0 Å². The molecule has 0 amide bonds. The zero-order valence-electron chi connectivity index (χ0n) is 13.9. The molecule has 3 aromatic rings. The van der Waals surface area contributed by atoms with E-state index in [9.17, 15) is 0 Å². The van der Waals surface area contributed by atoms with E-state index in [4.69, 9.17) is 10.5 Å². The van der Waals surface area contributed by atoms with Crippen LogP contribution in [0.5, 0.6) is 5.75 Å². The topological polar surface area (TPSA) is 48.1 Å². The normalized spacial score (nSPS) is 10.8. The summed E-state index contributed by atoms with van der Waals surface area (Å²) in [6, 6.07) is 16.6. The Bertz CT molecular complexity index is 783. The lowest BCUT2D eigenvalue weighted by Gasteiger charge is -2.12. The summed E-state index contributed by atoms with van der Waals surface area (Å²) in [5.41, 5.74) is 10.2. The third-order valence-corrected chi connectivity index (χ3v) is 4.69. The fourth-order valence-corrected chi connectivity index (χ4v) is 3.29. The summed E-state index contributed by atoms with van der Waals surface area (Å²) in [6.07, 6.45) is 2.18. The Morgan fingerprint density at radius 2 is 1.92 bits per heavy atom. The summed E-state index contributed by atoms with van der Waals surface area (Å²) >= 11 is 1.60. The summed E-state index contributed by atoms with van der Waals surface area (Å²) in [5.74, 6) is 0.868. The lowest BCUT2D eigenvalue weighted by atomic mass is 10.0. The summed E-state index contributed by atoms with van der Waals surface area (Å²) in [4.78, 5) is 4.63. The van der Waals surface area contributed by atoms with Crippen LogP contribution in [0, 0.1) is 0 Å². The molecule has 0 spiro atoms. The minimum atomic E-state index is 0.472. The van der Waals surface area contributed by atoms with Crippen molar-refractivity contribution in [3.63, 3.8) is 0 Å². The number of hydrogen-bond donors (Lipinski definition) is 1. The number of thiazole rings is 1. The van der Waals surface area contributed by atoms with Crippen LogP contribution in [-0.4, -0.2) is 4.98 Å². The van der Waals surface area contributed by atoms with Crippen molar-refractivity contribution >= 4 is 11.3 Å². The Labute approximate surface area is 147 Å². The molecule has 124 valence electrons. The molecule has 0 aliphatic rings. The third kappa shape index (κ3) is 4.02. The van der Waals surface area contributed by atoms with Crippen molar-refractivity contribution in [1.29, 1.82) is 0 Å². The Balaban J connectivity index is 1.89. The van der Waals surface area contributed by atoms with Gasteiger partial charge in [-0.25, -0.2) is 4.98 Å². The standard InChI is InChI=1S/C20H22N2OS/c1-2-6-15-9-10-19(23-13-16-7-4-3-5-8-16)17(11-15)18-14-24-20(12-21)22-18/h3-5,7-11,14H,2,6,12-13,21H2,1H3. The van der Waals surface area contributed by atoms with Gasteiger partial charge in [0.1, 0.15) is 17.4 Å². The fourth-order valence-electron chi connectivity index (χ4n) is 2.61. The molecule has 0 fully saturated rings. The average Bonchev–Trinajstić information content (AvgIpc) is 3.11. The van der Waals surface area contributed by atoms with Gasteiger partial charge in [-0.05, 0) is 29.7 Å². The maximum Gasteiger partial charge on any atom is 0.129 e. The van der Waals surface area contributed by atoms with Crippen LogP contribution in [0.25, 0.3) is 11.3 Å². The maximum atomic E-state index is 6.09. The number of aromatic nitrogens is 1. The van der Waals surface area contributed by atoms with Gasteiger partial charge in [-0.1, -0.05) is 49.7 Å². The second-order valence-electron chi connectivity index (χ2n) is 5.69. The van der Waals surface area contributed by atoms with Gasteiger partial charge in [-0.15, -0.1) is 11.3 Å². The van der Waals surface area contributed by atoms with E-state index in [0.29, 0.717) is 13.2 Å². The number of benzene rings is 2. The van der Waals surface area contributed by atoms with Crippen molar-refractivity contribution in [3.05, 3.63) is 70.0 Å². The first kappa shape index (κ1) is 16.7. The molecule has 0 aliphatic carbocycles. The first-order valence-corrected chi connectivity index (χ1v) is 9.12. The predicted octanol–water partition coefficient (Wildman–Crippen LogP) is 4.80. The fraction of sp³-hybridized carbons (Fsp3) is 0.250. The maximum absolute atomic E-state index is 6.09. The third-order valence-electron chi connectivity index (χ3n) is 3.82. The molecular weight excluding hydrogens is 316 g/mol. The Hall–Kier alpha value is -2.17. The molecule has 0 atom stereocenters. The first-order chi connectivity index (χ1) is 11.8. The van der Waals surface area contributed by atoms with E-state index < -0.39 is 0 Å². The number of rotatable bonds is 7. The van der Waals surface area contributed by atoms with E-state index in [1.54, 1.807) is 11.3 Å². The largest absolute Gasteiger partial charge is 0.488 e. The molecule has 3 rings (SSSR count). The monoisotopic (exact) mass is 338 g/mol. The van der Waals surface area contributed by atoms with Gasteiger partial charge in [0.15, 0.2) is 0 Å². The van der Waals surface area contributed by atoms with Crippen LogP contribution >= 0.6 is 11.3 Å². The second-order valence-corrected chi connectivity index (χ2v) is 6.63. The van der Waals surface area contributed by atoms with Crippen molar-refractivity contribution in [2.24, 2.45) is 5.73 Å². The van der Waals surface area contributed by atoms with E-state index in [1.807, 2.05) is 18.2 Å². The van der Waals surface area contributed by atoms with Crippen LogP contribution in [0.4, 0.5) is 0 Å². The number of aryl methyl sites for hydroxylation is 1. The minimum Gasteiger partial charge on any atom is -0.488 e. The molecule has 1 aromatic heterocycles. The quantitative estimate of drug-likeness (QED) is 0.673. The summed E-state index contributed by atoms with van der Waals surface area (Å²) in [6.45, 7) is 3.21. The predicted molar refractivity (Wildman–Crippen MR) is 100 cm³/mol. The van der Waals surface area contributed by atoms with Crippen molar-refractivity contribution < 1.29 is 4.74 Å². The molecule has 0 radical (unpaired) electrons. The minimum absolute atomic E-state index is 0.472. The average molecular weight is 338 g/mol. The smallest absolute Gasteiger partial charge is 0.129 e. The lowest BCUT2D eigenvalue weighted by molar-refractivity contribution is 0.307.